The minimum Gasteiger partial charge on any atom is -0.322 e. The Kier molecular flexibility index (Phi) is 7.92. The number of amides is 2. The summed E-state index contributed by atoms with van der Waals surface area (Å²) in [5.41, 5.74) is 6.77. The number of nitriles is 1. The van der Waals surface area contributed by atoms with Gasteiger partial charge in [-0.2, -0.15) is 5.26 Å². The Balaban J connectivity index is 1.51. The van der Waals surface area contributed by atoms with Crippen LogP contribution in [0.1, 0.15) is 56.2 Å². The predicted octanol–water partition coefficient (Wildman–Crippen LogP) is 7.79. The molecule has 2 heterocycles. The van der Waals surface area contributed by atoms with E-state index in [4.69, 9.17) is 11.6 Å². The molecule has 2 aromatic carbocycles. The Morgan fingerprint density at radius 3 is 2.33 bits per heavy atom. The first-order valence-corrected chi connectivity index (χ1v) is 14.3. The molecule has 0 saturated carbocycles. The van der Waals surface area contributed by atoms with E-state index in [9.17, 15) is 14.9 Å². The number of carbonyl (C=O) groups excluding carboxylic acids is 2. The van der Waals surface area contributed by atoms with Crippen LogP contribution in [0.3, 0.4) is 0 Å². The van der Waals surface area contributed by atoms with Gasteiger partial charge in [0.2, 0.25) is 0 Å². The molecule has 8 heteroatoms. The van der Waals surface area contributed by atoms with Gasteiger partial charge in [-0.3, -0.25) is 9.59 Å². The van der Waals surface area contributed by atoms with E-state index in [1.807, 2.05) is 57.2 Å². The second-order valence-electron chi connectivity index (χ2n) is 10.0. The summed E-state index contributed by atoms with van der Waals surface area (Å²) in [4.78, 5) is 27.9. The number of hydrogen-bond acceptors (Lipinski definition) is 4. The second-order valence-corrected chi connectivity index (χ2v) is 11.5. The molecule has 0 spiro atoms. The minimum absolute atomic E-state index is 0.0157. The van der Waals surface area contributed by atoms with Gasteiger partial charge in [0, 0.05) is 32.7 Å². The van der Waals surface area contributed by atoms with Crippen LogP contribution in [0.2, 0.25) is 5.02 Å². The van der Waals surface area contributed by atoms with E-state index in [1.165, 1.54) is 4.88 Å². The molecule has 0 saturated heterocycles. The zero-order valence-corrected chi connectivity index (χ0v) is 24.2. The molecule has 4 aromatic rings. The van der Waals surface area contributed by atoms with Crippen molar-refractivity contribution in [3.05, 3.63) is 104 Å². The van der Waals surface area contributed by atoms with Crippen molar-refractivity contribution in [1.82, 2.24) is 4.57 Å². The van der Waals surface area contributed by atoms with Crippen LogP contribution in [0, 0.1) is 32.1 Å². The van der Waals surface area contributed by atoms with Crippen LogP contribution in [0.25, 0.3) is 11.1 Å². The lowest BCUT2D eigenvalue weighted by molar-refractivity contribution is -0.112. The van der Waals surface area contributed by atoms with Crippen molar-refractivity contribution in [3.8, 4) is 11.1 Å². The van der Waals surface area contributed by atoms with Gasteiger partial charge >= 0.3 is 0 Å². The Labute approximate surface area is 242 Å². The first-order valence-electron chi connectivity index (χ1n) is 13.2. The van der Waals surface area contributed by atoms with Crippen LogP contribution >= 0.6 is 22.9 Å². The van der Waals surface area contributed by atoms with E-state index in [2.05, 4.69) is 15.2 Å². The standard InChI is InChI=1S/C32H29ClN4O2S/c1-19-8-12-25(13-9-19)36-31(39)29-27-6-4-5-7-28(27)40-32(29)37-20(2)16-22(21(37)3)17-23(18-34)30(38)35-26-14-10-24(33)11-15-26/h8-17H,4-7H2,1-3H3,(H,35,38)(H,36,39)/b23-17-. The highest BCUT2D eigenvalue weighted by molar-refractivity contribution is 7.15. The number of nitrogens with one attached hydrogen (secondary N) is 2. The van der Waals surface area contributed by atoms with Crippen molar-refractivity contribution in [2.24, 2.45) is 0 Å². The first kappa shape index (κ1) is 27.4. The average Bonchev–Trinajstić information content (AvgIpc) is 3.45. The van der Waals surface area contributed by atoms with Gasteiger partial charge in [0.1, 0.15) is 16.6 Å². The fourth-order valence-electron chi connectivity index (χ4n) is 5.06. The lowest BCUT2D eigenvalue weighted by Crippen LogP contribution is -2.17. The fourth-order valence-corrected chi connectivity index (χ4v) is 6.68. The Morgan fingerprint density at radius 2 is 1.62 bits per heavy atom. The molecule has 0 aliphatic heterocycles. The van der Waals surface area contributed by atoms with E-state index in [1.54, 1.807) is 41.7 Å². The third kappa shape index (κ3) is 5.60. The highest BCUT2D eigenvalue weighted by Gasteiger charge is 2.28. The molecule has 0 bridgehead atoms. The summed E-state index contributed by atoms with van der Waals surface area (Å²) in [6.07, 6.45) is 5.60. The molecular weight excluding hydrogens is 540 g/mol. The summed E-state index contributed by atoms with van der Waals surface area (Å²) in [7, 11) is 0. The van der Waals surface area contributed by atoms with Gasteiger partial charge < -0.3 is 15.2 Å². The lowest BCUT2D eigenvalue weighted by atomic mass is 9.95. The number of anilines is 2. The Morgan fingerprint density at radius 1 is 0.975 bits per heavy atom. The number of halogens is 1. The van der Waals surface area contributed by atoms with Gasteiger partial charge in [0.25, 0.3) is 11.8 Å². The molecule has 0 unspecified atom stereocenters. The van der Waals surface area contributed by atoms with Gasteiger partial charge in [0.15, 0.2) is 0 Å². The smallest absolute Gasteiger partial charge is 0.266 e. The fraction of sp³-hybridized carbons (Fsp3) is 0.219. The number of fused-ring (bicyclic) bond motifs is 1. The summed E-state index contributed by atoms with van der Waals surface area (Å²) in [6.45, 7) is 5.94. The molecule has 2 aromatic heterocycles. The van der Waals surface area contributed by atoms with Crippen LogP contribution in [0.15, 0.2) is 60.2 Å². The van der Waals surface area contributed by atoms with E-state index in [0.29, 0.717) is 16.3 Å². The maximum Gasteiger partial charge on any atom is 0.266 e. The molecule has 0 radical (unpaired) electrons. The Hall–Kier alpha value is -4.12. The molecule has 2 amide bonds. The molecule has 5 rings (SSSR count). The molecular formula is C32H29ClN4O2S. The summed E-state index contributed by atoms with van der Waals surface area (Å²) in [6, 6.07) is 18.5. The first-order chi connectivity index (χ1) is 19.2. The number of carbonyl (C=O) groups is 2. The quantitative estimate of drug-likeness (QED) is 0.184. The topological polar surface area (TPSA) is 86.9 Å². The van der Waals surface area contributed by atoms with Crippen molar-refractivity contribution < 1.29 is 9.59 Å². The summed E-state index contributed by atoms with van der Waals surface area (Å²) in [5.74, 6) is -0.623. The molecule has 6 nitrogen and oxygen atoms in total. The Bertz CT molecular complexity index is 1670. The third-order valence-electron chi connectivity index (χ3n) is 7.13. The molecule has 1 aliphatic rings. The van der Waals surface area contributed by atoms with E-state index in [-0.39, 0.29) is 11.5 Å². The average molecular weight is 569 g/mol. The number of thiophene rings is 1. The minimum atomic E-state index is -0.501. The van der Waals surface area contributed by atoms with Crippen molar-refractivity contribution >= 4 is 52.2 Å². The van der Waals surface area contributed by atoms with Crippen LogP contribution in [0.5, 0.6) is 0 Å². The highest BCUT2D eigenvalue weighted by Crippen LogP contribution is 2.39. The zero-order valence-electron chi connectivity index (χ0n) is 22.6. The number of hydrogen-bond donors (Lipinski definition) is 2. The van der Waals surface area contributed by atoms with Crippen molar-refractivity contribution in [2.45, 2.75) is 46.5 Å². The third-order valence-corrected chi connectivity index (χ3v) is 8.66. The monoisotopic (exact) mass is 568 g/mol. The molecule has 0 atom stereocenters. The van der Waals surface area contributed by atoms with Crippen LogP contribution in [-0.2, 0) is 17.6 Å². The molecule has 0 fully saturated rings. The van der Waals surface area contributed by atoms with Crippen LogP contribution < -0.4 is 10.6 Å². The zero-order chi connectivity index (χ0) is 28.4. The molecule has 40 heavy (non-hydrogen) atoms. The number of aryl methyl sites for hydroxylation is 3. The summed E-state index contributed by atoms with van der Waals surface area (Å²) < 4.78 is 2.07. The van der Waals surface area contributed by atoms with Crippen LogP contribution in [-0.4, -0.2) is 16.4 Å². The maximum atomic E-state index is 13.7. The van der Waals surface area contributed by atoms with Gasteiger partial charge in [0.05, 0.1) is 5.56 Å². The second kappa shape index (κ2) is 11.5. The summed E-state index contributed by atoms with van der Waals surface area (Å²) >= 11 is 7.60. The van der Waals surface area contributed by atoms with Crippen molar-refractivity contribution in [3.63, 3.8) is 0 Å². The van der Waals surface area contributed by atoms with Crippen molar-refractivity contribution in [2.75, 3.05) is 10.6 Å². The summed E-state index contributed by atoms with van der Waals surface area (Å²) in [5, 5.41) is 17.1. The maximum absolute atomic E-state index is 13.7. The molecule has 202 valence electrons. The van der Waals surface area contributed by atoms with E-state index >= 15 is 0 Å². The highest BCUT2D eigenvalue weighted by atomic mass is 35.5. The van der Waals surface area contributed by atoms with Gasteiger partial charge in [-0.15, -0.1) is 11.3 Å². The molecule has 1 aliphatic carbocycles. The van der Waals surface area contributed by atoms with Gasteiger partial charge in [-0.05, 0) is 106 Å². The SMILES string of the molecule is Cc1ccc(NC(=O)c2c(-n3c(C)cc(/C=C(/C#N)C(=O)Nc4ccc(Cl)cc4)c3C)sc3c2CCCC3)cc1. The van der Waals surface area contributed by atoms with Gasteiger partial charge in [-0.1, -0.05) is 29.3 Å². The number of aromatic nitrogens is 1. The normalized spacial score (nSPS) is 12.9. The molecule has 2 N–H and O–H groups in total. The van der Waals surface area contributed by atoms with Crippen LogP contribution in [0.4, 0.5) is 11.4 Å². The lowest BCUT2D eigenvalue weighted by Gasteiger charge is -2.14. The predicted molar refractivity (Wildman–Crippen MR) is 163 cm³/mol. The van der Waals surface area contributed by atoms with E-state index < -0.39 is 5.91 Å². The van der Waals surface area contributed by atoms with Gasteiger partial charge in [-0.25, -0.2) is 0 Å². The number of nitrogens with zero attached hydrogens (tertiary/aromatic N) is 2. The van der Waals surface area contributed by atoms with Crippen molar-refractivity contribution in [1.29, 1.82) is 5.26 Å². The largest absolute Gasteiger partial charge is 0.322 e. The number of rotatable bonds is 6. The van der Waals surface area contributed by atoms with E-state index in [0.717, 1.165) is 64.4 Å². The number of benzene rings is 2.